The van der Waals surface area contributed by atoms with Crippen LogP contribution in [0.5, 0.6) is 0 Å². The predicted octanol–water partition coefficient (Wildman–Crippen LogP) is 2.90. The highest BCUT2D eigenvalue weighted by atomic mass is 35.5. The van der Waals surface area contributed by atoms with Crippen molar-refractivity contribution < 1.29 is 0 Å². The monoisotopic (exact) mass is 361 g/mol. The minimum absolute atomic E-state index is 0.0309. The molecule has 2 aromatic heterocycles. The molecule has 25 heavy (non-hydrogen) atoms. The Kier molecular flexibility index (Phi) is 5.08. The summed E-state index contributed by atoms with van der Waals surface area (Å²) in [7, 11) is 0. The van der Waals surface area contributed by atoms with Gasteiger partial charge < -0.3 is 4.90 Å². The third-order valence-corrected chi connectivity index (χ3v) is 4.80. The van der Waals surface area contributed by atoms with Gasteiger partial charge in [0.1, 0.15) is 0 Å². The first-order valence-electron chi connectivity index (χ1n) is 8.62. The number of piperidine rings is 1. The Bertz CT molecular complexity index is 773. The summed E-state index contributed by atoms with van der Waals surface area (Å²) in [5, 5.41) is 0.546. The normalized spacial score (nSPS) is 16.2. The molecule has 0 unspecified atom stereocenters. The van der Waals surface area contributed by atoms with Gasteiger partial charge in [0.25, 0.3) is 5.56 Å². The van der Waals surface area contributed by atoms with Crippen LogP contribution in [0.1, 0.15) is 39.3 Å². The first kappa shape index (κ1) is 17.9. The third kappa shape index (κ3) is 4.37. The van der Waals surface area contributed by atoms with Gasteiger partial charge in [-0.2, -0.15) is 0 Å². The smallest absolute Gasteiger partial charge is 0.253 e. The molecule has 1 aliphatic rings. The molecule has 0 saturated carbocycles. The molecule has 3 rings (SSSR count). The van der Waals surface area contributed by atoms with Crippen LogP contribution in [0, 0.1) is 5.92 Å². The van der Waals surface area contributed by atoms with Crippen LogP contribution in [-0.4, -0.2) is 32.6 Å². The molecule has 0 aliphatic carbocycles. The van der Waals surface area contributed by atoms with Crippen LogP contribution in [0.15, 0.2) is 29.6 Å². The zero-order valence-electron chi connectivity index (χ0n) is 14.9. The molecular weight excluding hydrogens is 338 g/mol. The Morgan fingerprint density at radius 3 is 2.36 bits per heavy atom. The molecule has 0 atom stereocenters. The highest BCUT2D eigenvalue weighted by Gasteiger charge is 2.22. The fourth-order valence-electron chi connectivity index (χ4n) is 3.04. The summed E-state index contributed by atoms with van der Waals surface area (Å²) in [4.78, 5) is 27.5. The van der Waals surface area contributed by atoms with Gasteiger partial charge in [-0.25, -0.2) is 15.0 Å². The minimum atomic E-state index is -0.109. The van der Waals surface area contributed by atoms with Crippen LogP contribution in [0.3, 0.4) is 0 Å². The molecule has 0 amide bonds. The van der Waals surface area contributed by atoms with Crippen molar-refractivity contribution in [2.24, 2.45) is 5.92 Å². The lowest BCUT2D eigenvalue weighted by Gasteiger charge is -2.32. The van der Waals surface area contributed by atoms with Crippen LogP contribution in [0.2, 0.25) is 5.02 Å². The molecule has 0 spiro atoms. The summed E-state index contributed by atoms with van der Waals surface area (Å²) in [5.41, 5.74) is 0.758. The van der Waals surface area contributed by atoms with E-state index in [-0.39, 0.29) is 11.0 Å². The lowest BCUT2D eigenvalue weighted by Crippen LogP contribution is -2.37. The molecule has 0 aromatic carbocycles. The number of hydrogen-bond donors (Lipinski definition) is 0. The van der Waals surface area contributed by atoms with Gasteiger partial charge in [0.05, 0.1) is 29.4 Å². The summed E-state index contributed by atoms with van der Waals surface area (Å²) in [6.07, 6.45) is 6.94. The Hall–Kier alpha value is -1.95. The maximum absolute atomic E-state index is 12.4. The first-order chi connectivity index (χ1) is 11.8. The first-order valence-corrected chi connectivity index (χ1v) is 9.00. The maximum atomic E-state index is 12.4. The number of anilines is 1. The van der Waals surface area contributed by atoms with Crippen LogP contribution in [0.4, 0.5) is 5.95 Å². The van der Waals surface area contributed by atoms with Crippen LogP contribution >= 0.6 is 11.6 Å². The average molecular weight is 362 g/mol. The van der Waals surface area contributed by atoms with Crippen molar-refractivity contribution in [2.45, 2.75) is 45.6 Å². The van der Waals surface area contributed by atoms with E-state index >= 15 is 0 Å². The molecular formula is C18H24ClN5O. The van der Waals surface area contributed by atoms with Gasteiger partial charge in [-0.15, -0.1) is 0 Å². The molecule has 134 valence electrons. The van der Waals surface area contributed by atoms with Gasteiger partial charge in [-0.3, -0.25) is 9.36 Å². The molecule has 1 saturated heterocycles. The van der Waals surface area contributed by atoms with Crippen molar-refractivity contribution in [3.8, 4) is 0 Å². The Balaban J connectivity index is 1.61. The lowest BCUT2D eigenvalue weighted by molar-refractivity contribution is 0.348. The Labute approximate surface area is 152 Å². The Morgan fingerprint density at radius 1 is 1.16 bits per heavy atom. The van der Waals surface area contributed by atoms with E-state index in [0.717, 1.165) is 37.6 Å². The van der Waals surface area contributed by atoms with E-state index in [1.807, 2.05) is 0 Å². The molecule has 7 heteroatoms. The zero-order chi connectivity index (χ0) is 18.0. The lowest BCUT2D eigenvalue weighted by atomic mass is 9.92. The third-order valence-electron chi connectivity index (χ3n) is 4.61. The molecule has 6 nitrogen and oxygen atoms in total. The fraction of sp³-hybridized carbons (Fsp3) is 0.556. The fourth-order valence-corrected chi connectivity index (χ4v) is 3.13. The van der Waals surface area contributed by atoms with Crippen molar-refractivity contribution in [3.05, 3.63) is 45.9 Å². The van der Waals surface area contributed by atoms with Gasteiger partial charge in [-0.1, -0.05) is 32.4 Å². The van der Waals surface area contributed by atoms with Gasteiger partial charge >= 0.3 is 0 Å². The molecule has 2 aromatic rings. The molecule has 0 N–H and O–H groups in total. The summed E-state index contributed by atoms with van der Waals surface area (Å²) in [6, 6.07) is 1.66. The average Bonchev–Trinajstić information content (AvgIpc) is 2.57. The van der Waals surface area contributed by atoms with Crippen molar-refractivity contribution >= 4 is 17.5 Å². The Morgan fingerprint density at radius 2 is 1.80 bits per heavy atom. The van der Waals surface area contributed by atoms with Gasteiger partial charge in [-0.05, 0) is 18.8 Å². The topological polar surface area (TPSA) is 63.9 Å². The van der Waals surface area contributed by atoms with Crippen LogP contribution < -0.4 is 10.5 Å². The summed E-state index contributed by atoms with van der Waals surface area (Å²) in [5.74, 6) is 1.18. The van der Waals surface area contributed by atoms with Gasteiger partial charge in [0, 0.05) is 31.1 Å². The summed E-state index contributed by atoms with van der Waals surface area (Å²) >= 11 is 5.84. The predicted molar refractivity (Wildman–Crippen MR) is 99.2 cm³/mol. The van der Waals surface area contributed by atoms with E-state index in [0.29, 0.717) is 17.5 Å². The number of aromatic nitrogens is 4. The number of hydrogen-bond acceptors (Lipinski definition) is 5. The quantitative estimate of drug-likeness (QED) is 0.841. The van der Waals surface area contributed by atoms with Crippen molar-refractivity contribution in [3.63, 3.8) is 0 Å². The van der Waals surface area contributed by atoms with E-state index in [2.05, 4.69) is 40.6 Å². The van der Waals surface area contributed by atoms with E-state index in [4.69, 9.17) is 11.6 Å². The second-order valence-electron chi connectivity index (χ2n) is 7.65. The minimum Gasteiger partial charge on any atom is -0.341 e. The molecule has 1 fully saturated rings. The van der Waals surface area contributed by atoms with E-state index in [1.165, 1.54) is 0 Å². The second-order valence-corrected chi connectivity index (χ2v) is 8.08. The molecule has 0 radical (unpaired) electrons. The molecule has 0 bridgehead atoms. The summed E-state index contributed by atoms with van der Waals surface area (Å²) < 4.78 is 1.73. The summed E-state index contributed by atoms with van der Waals surface area (Å²) in [6.45, 7) is 8.67. The number of rotatable bonds is 3. The second kappa shape index (κ2) is 7.12. The van der Waals surface area contributed by atoms with Crippen molar-refractivity contribution in [2.75, 3.05) is 18.0 Å². The van der Waals surface area contributed by atoms with E-state index < -0.39 is 0 Å². The standard InChI is InChI=1S/C18H24ClN5O/c1-18(2,3)15-8-16(25)24(12-22-15)11-13-4-6-23(7-5-13)17-20-9-14(19)10-21-17/h8-10,12-13H,4-7,11H2,1-3H3. The largest absolute Gasteiger partial charge is 0.341 e. The van der Waals surface area contributed by atoms with E-state index in [9.17, 15) is 4.79 Å². The van der Waals surface area contributed by atoms with Crippen molar-refractivity contribution in [1.82, 2.24) is 19.5 Å². The maximum Gasteiger partial charge on any atom is 0.253 e. The van der Waals surface area contributed by atoms with Gasteiger partial charge in [0.2, 0.25) is 5.95 Å². The SMILES string of the molecule is CC(C)(C)c1cc(=O)n(CC2CCN(c3ncc(Cl)cn3)CC2)cn1. The van der Waals surface area contributed by atoms with E-state index in [1.54, 1.807) is 29.4 Å². The van der Waals surface area contributed by atoms with Crippen LogP contribution in [0.25, 0.3) is 0 Å². The van der Waals surface area contributed by atoms with Crippen molar-refractivity contribution in [1.29, 1.82) is 0 Å². The number of nitrogens with zero attached hydrogens (tertiary/aromatic N) is 5. The zero-order valence-corrected chi connectivity index (χ0v) is 15.7. The van der Waals surface area contributed by atoms with Gasteiger partial charge in [0.15, 0.2) is 0 Å². The molecule has 3 heterocycles. The number of halogens is 1. The highest BCUT2D eigenvalue weighted by Crippen LogP contribution is 2.22. The van der Waals surface area contributed by atoms with Crippen LogP contribution in [-0.2, 0) is 12.0 Å². The highest BCUT2D eigenvalue weighted by molar-refractivity contribution is 6.30. The molecule has 1 aliphatic heterocycles.